The second kappa shape index (κ2) is 21.1. The Morgan fingerprint density at radius 3 is 0.682 bits per heavy atom. The third-order valence-corrected chi connectivity index (χ3v) is 16.9. The second-order valence-electron chi connectivity index (χ2n) is 22.2. The molecule has 0 saturated heterocycles. The predicted molar refractivity (Wildman–Crippen MR) is 360 cm³/mol. The highest BCUT2D eigenvalue weighted by atomic mass is 15.2. The molecule has 0 bridgehead atoms. The van der Waals surface area contributed by atoms with Crippen LogP contribution in [0.15, 0.2) is 256 Å². The van der Waals surface area contributed by atoms with E-state index in [9.17, 15) is 0 Å². The van der Waals surface area contributed by atoms with Crippen LogP contribution >= 0.6 is 0 Å². The van der Waals surface area contributed by atoms with E-state index in [1.54, 1.807) is 0 Å². The smallest absolute Gasteiger partial charge is 0.161 e. The number of benzene rings is 8. The number of para-hydroxylation sites is 4. The van der Waals surface area contributed by atoms with Crippen molar-refractivity contribution in [2.75, 3.05) is 19.6 Å². The Hall–Kier alpha value is -11.8. The fourth-order valence-electron chi connectivity index (χ4n) is 13.2. The topological polar surface area (TPSA) is 116 Å². The van der Waals surface area contributed by atoms with E-state index in [2.05, 4.69) is 229 Å². The molecule has 8 heterocycles. The van der Waals surface area contributed by atoms with Gasteiger partial charge >= 0.3 is 0 Å². The van der Waals surface area contributed by atoms with Crippen molar-refractivity contribution in [3.63, 3.8) is 0 Å². The van der Waals surface area contributed by atoms with Gasteiger partial charge in [0.2, 0.25) is 0 Å². The summed E-state index contributed by atoms with van der Waals surface area (Å²) in [6.45, 7) is 8.58. The van der Waals surface area contributed by atoms with Crippen molar-refractivity contribution in [3.8, 4) is 0 Å². The largest absolute Gasteiger partial charge is 0.309 e. The fourth-order valence-corrected chi connectivity index (χ4v) is 13.2. The molecule has 0 aliphatic heterocycles. The highest BCUT2D eigenvalue weighted by molar-refractivity contribution is 6.33. The fraction of sp³-hybridized carbons (Fsp3) is 0.0526. The summed E-state index contributed by atoms with van der Waals surface area (Å²) in [5.74, 6) is 0. The van der Waals surface area contributed by atoms with Gasteiger partial charge in [-0.05, 0) is 159 Å². The highest BCUT2D eigenvalue weighted by Gasteiger charge is 2.32. The molecule has 0 unspecified atom stereocenters. The summed E-state index contributed by atoms with van der Waals surface area (Å²) in [7, 11) is 0. The molecule has 0 saturated carbocycles. The Bertz CT molecular complexity index is 4700. The number of fused-ring (bicyclic) bond motifs is 4. The van der Waals surface area contributed by atoms with Crippen LogP contribution in [0, 0.1) is 27.7 Å². The van der Waals surface area contributed by atoms with Crippen LogP contribution in [-0.4, -0.2) is 39.9 Å². The Labute approximate surface area is 507 Å². The summed E-state index contributed by atoms with van der Waals surface area (Å²) in [4.78, 5) is 48.8. The zero-order valence-electron chi connectivity index (χ0n) is 48.6. The minimum Gasteiger partial charge on any atom is -0.309 e. The van der Waals surface area contributed by atoms with Gasteiger partial charge in [0.05, 0.1) is 45.5 Å². The number of hydrogen-bond acceptors (Lipinski definition) is 12. The molecule has 0 N–H and O–H groups in total. The highest BCUT2D eigenvalue weighted by Crippen LogP contribution is 2.57. The summed E-state index contributed by atoms with van der Waals surface area (Å²) in [6, 6.07) is 73.4. The first-order valence-corrected chi connectivity index (χ1v) is 29.4. The van der Waals surface area contributed by atoms with Crippen molar-refractivity contribution >= 4 is 145 Å². The van der Waals surface area contributed by atoms with E-state index in [1.807, 2.05) is 73.8 Å². The lowest BCUT2D eigenvalue weighted by molar-refractivity contribution is 1.20. The number of aryl methyl sites for hydroxylation is 4. The van der Waals surface area contributed by atoms with Gasteiger partial charge in [0, 0.05) is 126 Å². The van der Waals surface area contributed by atoms with E-state index >= 15 is 0 Å². The number of rotatable bonds is 12. The Balaban J connectivity index is 1.15. The van der Waals surface area contributed by atoms with Crippen LogP contribution in [0.5, 0.6) is 0 Å². The summed E-state index contributed by atoms with van der Waals surface area (Å²) in [6.07, 6.45) is 15.0. The molecule has 12 heteroatoms. The van der Waals surface area contributed by atoms with Crippen LogP contribution in [0.2, 0.25) is 0 Å². The van der Waals surface area contributed by atoms with Gasteiger partial charge in [-0.3, -0.25) is 0 Å². The van der Waals surface area contributed by atoms with E-state index in [4.69, 9.17) is 39.9 Å². The molecule has 8 aromatic carbocycles. The van der Waals surface area contributed by atoms with Crippen LogP contribution < -0.4 is 19.6 Å². The lowest BCUT2D eigenvalue weighted by atomic mass is 9.88. The summed E-state index contributed by atoms with van der Waals surface area (Å²) >= 11 is 0. The minimum atomic E-state index is 0.652. The summed E-state index contributed by atoms with van der Waals surface area (Å²) < 4.78 is 0. The first-order chi connectivity index (χ1) is 43.4. The molecule has 0 fully saturated rings. The van der Waals surface area contributed by atoms with Crippen LogP contribution in [-0.2, 0) is 0 Å². The van der Waals surface area contributed by atoms with Gasteiger partial charge in [-0.2, -0.15) is 0 Å². The first kappa shape index (κ1) is 51.8. The van der Waals surface area contributed by atoms with Gasteiger partial charge in [-0.15, -0.1) is 0 Å². The molecule has 0 aliphatic rings. The number of anilines is 12. The van der Waals surface area contributed by atoms with Crippen molar-refractivity contribution < 1.29 is 0 Å². The summed E-state index contributed by atoms with van der Waals surface area (Å²) in [5.41, 5.74) is 18.1. The van der Waals surface area contributed by atoms with Crippen molar-refractivity contribution in [1.82, 2.24) is 39.9 Å². The molecule has 12 nitrogen and oxygen atoms in total. The zero-order chi connectivity index (χ0) is 59.0. The average molecular weight is 1140 g/mol. The van der Waals surface area contributed by atoms with Crippen molar-refractivity contribution in [1.29, 1.82) is 0 Å². The molecule has 0 atom stereocenters. The van der Waals surface area contributed by atoms with E-state index < -0.39 is 0 Å². The maximum Gasteiger partial charge on any atom is 0.161 e. The third-order valence-electron chi connectivity index (χ3n) is 16.9. The molecule has 16 rings (SSSR count). The quantitative estimate of drug-likeness (QED) is 0.108. The number of nitrogens with zero attached hydrogens (tertiary/aromatic N) is 12. The van der Waals surface area contributed by atoms with E-state index in [0.717, 1.165) is 144 Å². The lowest BCUT2D eigenvalue weighted by Gasteiger charge is -2.36. The van der Waals surface area contributed by atoms with Gasteiger partial charge in [0.15, 0.2) is 22.6 Å². The monoisotopic (exact) mass is 1130 g/mol. The lowest BCUT2D eigenvalue weighted by Crippen LogP contribution is -2.18. The van der Waals surface area contributed by atoms with Gasteiger partial charge in [0.25, 0.3) is 0 Å². The van der Waals surface area contributed by atoms with Crippen molar-refractivity contribution in [3.05, 3.63) is 278 Å². The van der Waals surface area contributed by atoms with E-state index in [-0.39, 0.29) is 0 Å². The Morgan fingerprint density at radius 2 is 0.455 bits per heavy atom. The standard InChI is InChI=1S/C76H54N12/c1-47-43-81-73-59(29-17-37-77-73)69(47)85(51-21-9-5-10-22-51)63-41-64(86(52-23-11-6-12-24-52)70-48(2)44-82-74-60(70)30-18-38-78-74)56-35-36-58-66(88(54-27-15-8-16-28-54)72-50(4)46-84-76-62(72)32-20-40-80-76)42-65(57-34-33-55(63)67(56)68(57)58)87(53-25-13-7-14-26-53)71-49(3)45-83-75-61(71)31-19-39-79-75/h5-46H,1-4H3. The second-order valence-corrected chi connectivity index (χ2v) is 22.2. The van der Waals surface area contributed by atoms with Gasteiger partial charge in [-0.1, -0.05) is 97.1 Å². The first-order valence-electron chi connectivity index (χ1n) is 29.4. The zero-order valence-corrected chi connectivity index (χ0v) is 48.6. The minimum absolute atomic E-state index is 0.652. The molecule has 0 radical (unpaired) electrons. The third kappa shape index (κ3) is 8.36. The maximum atomic E-state index is 4.92. The van der Waals surface area contributed by atoms with Crippen LogP contribution in [0.1, 0.15) is 22.3 Å². The molecule has 418 valence electrons. The Morgan fingerprint density at radius 1 is 0.227 bits per heavy atom. The molecule has 0 amide bonds. The maximum absolute atomic E-state index is 4.92. The predicted octanol–water partition coefficient (Wildman–Crippen LogP) is 19.5. The number of aromatic nitrogens is 8. The Kier molecular flexibility index (Phi) is 12.4. The normalized spacial score (nSPS) is 11.6. The summed E-state index contributed by atoms with van der Waals surface area (Å²) in [5, 5.41) is 9.94. The van der Waals surface area contributed by atoms with Crippen LogP contribution in [0.4, 0.5) is 68.2 Å². The van der Waals surface area contributed by atoms with Crippen LogP contribution in [0.25, 0.3) is 76.5 Å². The van der Waals surface area contributed by atoms with Gasteiger partial charge in [-0.25, -0.2) is 39.9 Å². The number of hydrogen-bond donors (Lipinski definition) is 0. The molecule has 0 spiro atoms. The van der Waals surface area contributed by atoms with E-state index in [1.165, 1.54) is 0 Å². The van der Waals surface area contributed by atoms with Gasteiger partial charge in [0.1, 0.15) is 0 Å². The van der Waals surface area contributed by atoms with Crippen molar-refractivity contribution in [2.45, 2.75) is 27.7 Å². The van der Waals surface area contributed by atoms with E-state index in [0.29, 0.717) is 22.6 Å². The molecular weight excluding hydrogens is 1080 g/mol. The van der Waals surface area contributed by atoms with Crippen LogP contribution in [0.3, 0.4) is 0 Å². The average Bonchev–Trinajstić information content (AvgIpc) is 0.717. The molecule has 8 aromatic heterocycles. The van der Waals surface area contributed by atoms with Crippen molar-refractivity contribution in [2.24, 2.45) is 0 Å². The molecular formula is C76H54N12. The molecule has 0 aliphatic carbocycles. The SMILES string of the molecule is Cc1cnc2ncccc2c1N(c1ccccc1)c1cc(N(c2ccccc2)c2c(C)cnc3ncccc23)c2ccc3c(N(c4ccccc4)c4c(C)cnc5ncccc45)cc(N(c4ccccc4)c4c(C)cnc5ncccc45)c4ccc1c2c43. The molecule has 88 heavy (non-hydrogen) atoms. The number of pyridine rings is 8. The van der Waals surface area contributed by atoms with Gasteiger partial charge < -0.3 is 19.6 Å². The molecule has 16 aromatic rings.